The number of hydrogen-bond donors (Lipinski definition) is 1. The molecule has 2 atom stereocenters. The zero-order valence-electron chi connectivity index (χ0n) is 19.2. The van der Waals surface area contributed by atoms with Crippen LogP contribution in [0.25, 0.3) is 0 Å². The Kier molecular flexibility index (Phi) is 7.26. The zero-order valence-corrected chi connectivity index (χ0v) is 20.0. The first-order valence-corrected chi connectivity index (χ1v) is 11.4. The second-order valence-corrected chi connectivity index (χ2v) is 9.10. The lowest BCUT2D eigenvalue weighted by atomic mass is 9.92. The summed E-state index contributed by atoms with van der Waals surface area (Å²) >= 11 is 1.33. The van der Waals surface area contributed by atoms with E-state index < -0.39 is 17.8 Å². The van der Waals surface area contributed by atoms with Crippen LogP contribution in [-0.4, -0.2) is 46.9 Å². The van der Waals surface area contributed by atoms with Gasteiger partial charge in [-0.2, -0.15) is 13.2 Å². The third kappa shape index (κ3) is 5.26. The summed E-state index contributed by atoms with van der Waals surface area (Å²) in [6.45, 7) is 5.60. The standard InChI is InChI=1S/C23H27F3N4O2S/c1-6-13(2)27-18(31)11-17-12-33-22-28-14(3)19(21(32)29(4)5)20(30(17)22)15-7-9-16(10-8-15)23(24,25)26/h7-10,12-13,20H,6,11H2,1-5H3,(H,27,31)/t13-,20+/m0/s1. The van der Waals surface area contributed by atoms with Crippen LogP contribution < -0.4 is 5.32 Å². The van der Waals surface area contributed by atoms with Gasteiger partial charge in [-0.3, -0.25) is 9.59 Å². The number of nitrogens with zero attached hydrogens (tertiary/aromatic N) is 3. The molecule has 10 heteroatoms. The van der Waals surface area contributed by atoms with Crippen molar-refractivity contribution >= 4 is 28.7 Å². The number of fused-ring (bicyclic) bond motifs is 1. The zero-order chi connectivity index (χ0) is 24.5. The molecule has 1 N–H and O–H groups in total. The van der Waals surface area contributed by atoms with Gasteiger partial charge in [-0.15, -0.1) is 0 Å². The number of likely N-dealkylation sites (N-methyl/N-ethyl adjacent to an activating group) is 1. The quantitative estimate of drug-likeness (QED) is 0.643. The van der Waals surface area contributed by atoms with Gasteiger partial charge in [0.15, 0.2) is 5.17 Å². The molecule has 0 unspecified atom stereocenters. The van der Waals surface area contributed by atoms with Crippen LogP contribution in [0.5, 0.6) is 0 Å². The van der Waals surface area contributed by atoms with Gasteiger partial charge in [0, 0.05) is 25.8 Å². The molecule has 3 rings (SSSR count). The summed E-state index contributed by atoms with van der Waals surface area (Å²) in [6, 6.07) is 4.10. The number of alkyl halides is 3. The fourth-order valence-electron chi connectivity index (χ4n) is 3.65. The van der Waals surface area contributed by atoms with Crippen molar-refractivity contribution in [3.8, 4) is 0 Å². The van der Waals surface area contributed by atoms with Gasteiger partial charge >= 0.3 is 6.18 Å². The van der Waals surface area contributed by atoms with Crippen molar-refractivity contribution in [1.82, 2.24) is 15.1 Å². The molecule has 0 fully saturated rings. The minimum absolute atomic E-state index is 0.0142. The van der Waals surface area contributed by atoms with E-state index in [1.807, 2.05) is 19.3 Å². The molecule has 0 bridgehead atoms. The molecule has 0 aromatic heterocycles. The highest BCUT2D eigenvalue weighted by Crippen LogP contribution is 2.45. The van der Waals surface area contributed by atoms with Gasteiger partial charge in [0.1, 0.15) is 0 Å². The molecule has 2 aliphatic heterocycles. The van der Waals surface area contributed by atoms with Crippen LogP contribution in [0.3, 0.4) is 0 Å². The second-order valence-electron chi connectivity index (χ2n) is 8.27. The van der Waals surface area contributed by atoms with E-state index in [-0.39, 0.29) is 24.3 Å². The van der Waals surface area contributed by atoms with Gasteiger partial charge in [0.25, 0.3) is 5.91 Å². The number of carbonyl (C=O) groups excluding carboxylic acids is 2. The Morgan fingerprint density at radius 3 is 2.42 bits per heavy atom. The van der Waals surface area contributed by atoms with Gasteiger partial charge in [-0.1, -0.05) is 30.8 Å². The molecule has 178 valence electrons. The van der Waals surface area contributed by atoms with E-state index >= 15 is 0 Å². The number of hydrogen-bond acceptors (Lipinski definition) is 5. The number of allylic oxidation sites excluding steroid dienone is 1. The Labute approximate surface area is 195 Å². The van der Waals surface area contributed by atoms with Gasteiger partial charge in [-0.25, -0.2) is 4.99 Å². The van der Waals surface area contributed by atoms with Crippen LogP contribution in [0, 0.1) is 0 Å². The van der Waals surface area contributed by atoms with Crippen molar-refractivity contribution < 1.29 is 22.8 Å². The van der Waals surface area contributed by atoms with Crippen molar-refractivity contribution in [2.75, 3.05) is 14.1 Å². The average Bonchev–Trinajstić information content (AvgIpc) is 3.13. The Bertz CT molecular complexity index is 1030. The first-order valence-electron chi connectivity index (χ1n) is 10.6. The lowest BCUT2D eigenvalue weighted by Gasteiger charge is -2.37. The number of benzene rings is 1. The third-order valence-corrected chi connectivity index (χ3v) is 6.44. The predicted molar refractivity (Wildman–Crippen MR) is 123 cm³/mol. The number of carbonyl (C=O) groups is 2. The van der Waals surface area contributed by atoms with Gasteiger partial charge in [0.05, 0.1) is 29.3 Å². The smallest absolute Gasteiger partial charge is 0.353 e. The van der Waals surface area contributed by atoms with Crippen molar-refractivity contribution in [2.24, 2.45) is 4.99 Å². The van der Waals surface area contributed by atoms with E-state index in [1.165, 1.54) is 28.8 Å². The van der Waals surface area contributed by atoms with Crippen LogP contribution in [0.2, 0.25) is 0 Å². The molecule has 0 aliphatic carbocycles. The Hall–Kier alpha value is -2.75. The highest BCUT2D eigenvalue weighted by atomic mass is 32.2. The molecule has 0 saturated heterocycles. The number of nitrogens with one attached hydrogen (secondary N) is 1. The topological polar surface area (TPSA) is 65.0 Å². The van der Waals surface area contributed by atoms with Crippen molar-refractivity contribution in [3.63, 3.8) is 0 Å². The summed E-state index contributed by atoms with van der Waals surface area (Å²) in [6.07, 6.45) is -3.61. The molecule has 1 aromatic carbocycles. The summed E-state index contributed by atoms with van der Waals surface area (Å²) < 4.78 is 39.4. The maximum atomic E-state index is 13.1. The number of amides is 2. The summed E-state index contributed by atoms with van der Waals surface area (Å²) in [5.74, 6) is -0.462. The van der Waals surface area contributed by atoms with E-state index in [1.54, 1.807) is 25.9 Å². The minimum atomic E-state index is -4.46. The molecular weight excluding hydrogens is 453 g/mol. The van der Waals surface area contributed by atoms with Crippen LogP contribution in [0.1, 0.15) is 50.8 Å². The van der Waals surface area contributed by atoms with Crippen LogP contribution in [-0.2, 0) is 15.8 Å². The normalized spacial score (nSPS) is 19.0. The first kappa shape index (κ1) is 24.9. The summed E-state index contributed by atoms with van der Waals surface area (Å²) in [4.78, 5) is 33.5. The largest absolute Gasteiger partial charge is 0.416 e. The van der Waals surface area contributed by atoms with Gasteiger partial charge in [-0.05, 0) is 43.4 Å². The molecule has 0 spiro atoms. The first-order chi connectivity index (χ1) is 15.4. The molecule has 0 radical (unpaired) electrons. The molecule has 33 heavy (non-hydrogen) atoms. The number of aliphatic imine (C=N–C) groups is 1. The van der Waals surface area contributed by atoms with Crippen molar-refractivity contribution in [2.45, 2.75) is 51.9 Å². The fourth-order valence-corrected chi connectivity index (χ4v) is 4.61. The van der Waals surface area contributed by atoms with Crippen LogP contribution in [0.4, 0.5) is 13.2 Å². The van der Waals surface area contributed by atoms with E-state index in [2.05, 4.69) is 10.3 Å². The molecule has 6 nitrogen and oxygen atoms in total. The van der Waals surface area contributed by atoms with Gasteiger partial charge in [0.2, 0.25) is 5.91 Å². The monoisotopic (exact) mass is 480 g/mol. The van der Waals surface area contributed by atoms with E-state index in [0.717, 1.165) is 18.6 Å². The molecule has 2 amide bonds. The van der Waals surface area contributed by atoms with Crippen LogP contribution >= 0.6 is 11.8 Å². The number of rotatable bonds is 6. The maximum Gasteiger partial charge on any atom is 0.416 e. The third-order valence-electron chi connectivity index (χ3n) is 5.55. The summed E-state index contributed by atoms with van der Waals surface area (Å²) in [5.41, 5.74) is 1.24. The lowest BCUT2D eigenvalue weighted by molar-refractivity contribution is -0.137. The fraction of sp³-hybridized carbons (Fsp3) is 0.435. The Morgan fingerprint density at radius 1 is 1.24 bits per heavy atom. The number of thioether (sulfide) groups is 1. The predicted octanol–water partition coefficient (Wildman–Crippen LogP) is 4.67. The summed E-state index contributed by atoms with van der Waals surface area (Å²) in [5, 5.41) is 5.31. The molecule has 2 aliphatic rings. The molecule has 1 aromatic rings. The Morgan fingerprint density at radius 2 is 1.88 bits per heavy atom. The minimum Gasteiger partial charge on any atom is -0.353 e. The summed E-state index contributed by atoms with van der Waals surface area (Å²) in [7, 11) is 3.22. The Balaban J connectivity index is 2.04. The second kappa shape index (κ2) is 9.62. The van der Waals surface area contributed by atoms with Crippen molar-refractivity contribution in [3.05, 3.63) is 57.8 Å². The maximum absolute atomic E-state index is 13.1. The number of amidine groups is 1. The molecule has 0 saturated carbocycles. The van der Waals surface area contributed by atoms with E-state index in [0.29, 0.717) is 27.7 Å². The van der Waals surface area contributed by atoms with Crippen LogP contribution in [0.15, 0.2) is 51.6 Å². The highest BCUT2D eigenvalue weighted by molar-refractivity contribution is 8.16. The average molecular weight is 481 g/mol. The number of halogens is 3. The van der Waals surface area contributed by atoms with Crippen molar-refractivity contribution in [1.29, 1.82) is 0 Å². The highest BCUT2D eigenvalue weighted by Gasteiger charge is 2.41. The van der Waals surface area contributed by atoms with Gasteiger partial charge < -0.3 is 15.1 Å². The van der Waals surface area contributed by atoms with E-state index in [4.69, 9.17) is 0 Å². The molecule has 2 heterocycles. The van der Waals surface area contributed by atoms with E-state index in [9.17, 15) is 22.8 Å². The molecular formula is C23H27F3N4O2S. The SMILES string of the molecule is CC[C@H](C)NC(=O)CC1=CSC2=NC(C)=C(C(=O)N(C)C)[C@@H](c3ccc(C(F)(F)F)cc3)N12. The lowest BCUT2D eigenvalue weighted by Crippen LogP contribution is -2.40.